The van der Waals surface area contributed by atoms with Crippen LogP contribution in [0.3, 0.4) is 0 Å². The molecule has 13 heavy (non-hydrogen) atoms. The van der Waals surface area contributed by atoms with Crippen molar-refractivity contribution >= 4 is 30.2 Å². The molecule has 0 unspecified atom stereocenters. The summed E-state index contributed by atoms with van der Waals surface area (Å²) in [6.07, 6.45) is 1.56. The number of aromatic carboxylic acids is 1. The van der Waals surface area contributed by atoms with Crippen molar-refractivity contribution in [2.75, 3.05) is 0 Å². The second-order valence-electron chi connectivity index (χ2n) is 2.94. The Hall–Kier alpha value is -1.71. The highest BCUT2D eigenvalue weighted by Gasteiger charge is 2.07. The summed E-state index contributed by atoms with van der Waals surface area (Å²) in [5.41, 5.74) is 1.90. The molecule has 2 aromatic rings. The van der Waals surface area contributed by atoms with Gasteiger partial charge in [0.05, 0.1) is 11.8 Å². The molecule has 1 N–H and O–H groups in total. The van der Waals surface area contributed by atoms with E-state index < -0.39 is 5.97 Å². The van der Waals surface area contributed by atoms with Gasteiger partial charge in [0.1, 0.15) is 13.4 Å². The second kappa shape index (κ2) is 2.66. The molecule has 0 amide bonds. The van der Waals surface area contributed by atoms with Crippen molar-refractivity contribution in [3.63, 3.8) is 0 Å². The van der Waals surface area contributed by atoms with E-state index in [1.54, 1.807) is 24.5 Å². The van der Waals surface area contributed by atoms with Gasteiger partial charge in [-0.05, 0) is 17.6 Å². The van der Waals surface area contributed by atoms with Crippen molar-refractivity contribution in [1.29, 1.82) is 0 Å². The SMILES string of the molecule is Bc1cc(C(=O)O)cc2ccoc12. The van der Waals surface area contributed by atoms with Gasteiger partial charge in [0.2, 0.25) is 0 Å². The summed E-state index contributed by atoms with van der Waals surface area (Å²) in [6.45, 7) is 0. The number of fused-ring (bicyclic) bond motifs is 1. The van der Waals surface area contributed by atoms with Gasteiger partial charge in [-0.1, -0.05) is 6.07 Å². The lowest BCUT2D eigenvalue weighted by atomic mass is 9.92. The smallest absolute Gasteiger partial charge is 0.335 e. The van der Waals surface area contributed by atoms with E-state index in [1.807, 2.05) is 7.85 Å². The Bertz CT molecular complexity index is 473. The Labute approximate surface area is 75.4 Å². The summed E-state index contributed by atoms with van der Waals surface area (Å²) in [7, 11) is 1.83. The molecule has 1 aromatic heterocycles. The van der Waals surface area contributed by atoms with Gasteiger partial charge in [0.25, 0.3) is 0 Å². The largest absolute Gasteiger partial charge is 0.478 e. The maximum absolute atomic E-state index is 10.7. The predicted octanol–water partition coefficient (Wildman–Crippen LogP) is 0.389. The van der Waals surface area contributed by atoms with Crippen molar-refractivity contribution in [3.8, 4) is 0 Å². The van der Waals surface area contributed by atoms with Crippen molar-refractivity contribution < 1.29 is 14.3 Å². The number of rotatable bonds is 1. The van der Waals surface area contributed by atoms with Crippen molar-refractivity contribution in [2.45, 2.75) is 0 Å². The predicted molar refractivity (Wildman–Crippen MR) is 51.4 cm³/mol. The molecule has 0 fully saturated rings. The average molecular weight is 174 g/mol. The van der Waals surface area contributed by atoms with E-state index in [2.05, 4.69) is 0 Å². The van der Waals surface area contributed by atoms with Gasteiger partial charge >= 0.3 is 5.97 Å². The van der Waals surface area contributed by atoms with Gasteiger partial charge in [0, 0.05) is 5.39 Å². The molecule has 0 radical (unpaired) electrons. The van der Waals surface area contributed by atoms with Crippen LogP contribution in [0.2, 0.25) is 0 Å². The highest BCUT2D eigenvalue weighted by molar-refractivity contribution is 6.38. The minimum atomic E-state index is -0.911. The quantitative estimate of drug-likeness (QED) is 0.636. The normalized spacial score (nSPS) is 10.5. The van der Waals surface area contributed by atoms with Gasteiger partial charge in [0.15, 0.2) is 0 Å². The molecule has 0 aliphatic carbocycles. The van der Waals surface area contributed by atoms with Crippen LogP contribution in [0.25, 0.3) is 11.0 Å². The van der Waals surface area contributed by atoms with E-state index in [1.165, 1.54) is 0 Å². The van der Waals surface area contributed by atoms with E-state index in [9.17, 15) is 4.79 Å². The molecule has 0 saturated carbocycles. The third-order valence-corrected chi connectivity index (χ3v) is 1.98. The lowest BCUT2D eigenvalue weighted by Gasteiger charge is -1.97. The summed E-state index contributed by atoms with van der Waals surface area (Å²) >= 11 is 0. The molecule has 3 nitrogen and oxygen atoms in total. The lowest BCUT2D eigenvalue weighted by molar-refractivity contribution is 0.0697. The number of furan rings is 1. The second-order valence-corrected chi connectivity index (χ2v) is 2.94. The molecule has 0 aliphatic heterocycles. The van der Waals surface area contributed by atoms with Crippen LogP contribution in [0.4, 0.5) is 0 Å². The highest BCUT2D eigenvalue weighted by atomic mass is 16.4. The summed E-state index contributed by atoms with van der Waals surface area (Å²) in [5, 5.41) is 9.61. The number of benzene rings is 1. The summed E-state index contributed by atoms with van der Waals surface area (Å²) < 4.78 is 5.19. The van der Waals surface area contributed by atoms with E-state index in [0.29, 0.717) is 5.56 Å². The van der Waals surface area contributed by atoms with Gasteiger partial charge in [-0.2, -0.15) is 0 Å². The van der Waals surface area contributed by atoms with Gasteiger partial charge < -0.3 is 9.52 Å². The van der Waals surface area contributed by atoms with Crippen LogP contribution in [0.15, 0.2) is 28.9 Å². The van der Waals surface area contributed by atoms with E-state index >= 15 is 0 Å². The van der Waals surface area contributed by atoms with Crippen LogP contribution < -0.4 is 5.46 Å². The zero-order chi connectivity index (χ0) is 9.42. The molecular weight excluding hydrogens is 167 g/mol. The molecular formula is C9H7BO3. The number of hydrogen-bond donors (Lipinski definition) is 1. The van der Waals surface area contributed by atoms with Crippen molar-refractivity contribution in [3.05, 3.63) is 30.0 Å². The summed E-state index contributed by atoms with van der Waals surface area (Å²) in [6, 6.07) is 4.97. The zero-order valence-electron chi connectivity index (χ0n) is 7.07. The number of carbonyl (C=O) groups is 1. The van der Waals surface area contributed by atoms with E-state index in [-0.39, 0.29) is 0 Å². The minimum Gasteiger partial charge on any atom is -0.478 e. The Morgan fingerprint density at radius 1 is 1.46 bits per heavy atom. The third kappa shape index (κ3) is 1.20. The molecule has 4 heteroatoms. The van der Waals surface area contributed by atoms with E-state index in [0.717, 1.165) is 16.4 Å². The summed E-state index contributed by atoms with van der Waals surface area (Å²) in [5.74, 6) is -0.911. The first-order valence-corrected chi connectivity index (χ1v) is 3.89. The van der Waals surface area contributed by atoms with Crippen LogP contribution in [0, 0.1) is 0 Å². The van der Waals surface area contributed by atoms with Crippen LogP contribution >= 0.6 is 0 Å². The fraction of sp³-hybridized carbons (Fsp3) is 0. The zero-order valence-corrected chi connectivity index (χ0v) is 7.07. The van der Waals surface area contributed by atoms with Gasteiger partial charge in [-0.15, -0.1) is 0 Å². The standard InChI is InChI=1S/C9H7BO3/c10-7-4-6(9(11)12)3-5-1-2-13-8(5)7/h1-4H,10H2,(H,11,12). The lowest BCUT2D eigenvalue weighted by Crippen LogP contribution is -2.07. The Balaban J connectivity index is 2.77. The van der Waals surface area contributed by atoms with Crippen LogP contribution in [-0.4, -0.2) is 18.9 Å². The fourth-order valence-electron chi connectivity index (χ4n) is 1.38. The maximum atomic E-state index is 10.7. The third-order valence-electron chi connectivity index (χ3n) is 1.98. The Morgan fingerprint density at radius 3 is 2.92 bits per heavy atom. The van der Waals surface area contributed by atoms with E-state index in [4.69, 9.17) is 9.52 Å². The summed E-state index contributed by atoms with van der Waals surface area (Å²) in [4.78, 5) is 10.7. The molecule has 1 heterocycles. The molecule has 0 bridgehead atoms. The molecule has 0 spiro atoms. The van der Waals surface area contributed by atoms with Crippen LogP contribution in [-0.2, 0) is 0 Å². The first-order chi connectivity index (χ1) is 6.18. The Morgan fingerprint density at radius 2 is 2.23 bits per heavy atom. The highest BCUT2D eigenvalue weighted by Crippen LogP contribution is 2.14. The average Bonchev–Trinajstić information content (AvgIpc) is 2.51. The fourth-order valence-corrected chi connectivity index (χ4v) is 1.38. The number of hydrogen-bond acceptors (Lipinski definition) is 2. The number of carboxylic acids is 1. The Kier molecular flexibility index (Phi) is 1.62. The first-order valence-electron chi connectivity index (χ1n) is 3.89. The van der Waals surface area contributed by atoms with Crippen molar-refractivity contribution in [1.82, 2.24) is 0 Å². The molecule has 64 valence electrons. The first kappa shape index (κ1) is 7.92. The number of carboxylic acid groups (broad SMARTS) is 1. The maximum Gasteiger partial charge on any atom is 0.335 e. The van der Waals surface area contributed by atoms with Gasteiger partial charge in [-0.3, -0.25) is 0 Å². The minimum absolute atomic E-state index is 0.298. The monoisotopic (exact) mass is 174 g/mol. The van der Waals surface area contributed by atoms with Gasteiger partial charge in [-0.25, -0.2) is 4.79 Å². The molecule has 2 rings (SSSR count). The van der Waals surface area contributed by atoms with Crippen LogP contribution in [0.1, 0.15) is 10.4 Å². The molecule has 0 aliphatic rings. The van der Waals surface area contributed by atoms with Crippen molar-refractivity contribution in [2.24, 2.45) is 0 Å². The molecule has 1 aromatic carbocycles. The molecule has 0 saturated heterocycles. The molecule has 0 atom stereocenters. The topological polar surface area (TPSA) is 50.4 Å². The van der Waals surface area contributed by atoms with Crippen LogP contribution in [0.5, 0.6) is 0 Å².